The Morgan fingerprint density at radius 3 is 2.67 bits per heavy atom. The predicted octanol–water partition coefficient (Wildman–Crippen LogP) is 4.23. The zero-order chi connectivity index (χ0) is 11.1. The first-order valence-corrected chi connectivity index (χ1v) is 6.99. The summed E-state index contributed by atoms with van der Waals surface area (Å²) >= 11 is 1.80. The van der Waals surface area contributed by atoms with Crippen LogP contribution >= 0.6 is 11.3 Å². The van der Waals surface area contributed by atoms with Crippen LogP contribution in [0.15, 0.2) is 16.8 Å². The predicted molar refractivity (Wildman–Crippen MR) is 69.4 cm³/mol. The molecule has 15 heavy (non-hydrogen) atoms. The number of thiophene rings is 1. The van der Waals surface area contributed by atoms with Gasteiger partial charge in [0.15, 0.2) is 0 Å². The Morgan fingerprint density at radius 2 is 2.13 bits per heavy atom. The van der Waals surface area contributed by atoms with Gasteiger partial charge in [0.05, 0.1) is 0 Å². The Morgan fingerprint density at radius 1 is 1.33 bits per heavy atom. The molecule has 1 aromatic heterocycles. The first kappa shape index (κ1) is 12.7. The Hall–Kier alpha value is -0.340. The fraction of sp³-hybridized carbons (Fsp3) is 0.692. The second kappa shape index (κ2) is 7.02. The second-order valence-electron chi connectivity index (χ2n) is 4.25. The van der Waals surface area contributed by atoms with E-state index in [1.54, 1.807) is 11.3 Å². The molecular weight excluding hydrogens is 202 g/mol. The fourth-order valence-corrected chi connectivity index (χ4v) is 2.72. The van der Waals surface area contributed by atoms with Gasteiger partial charge in [0.2, 0.25) is 0 Å². The number of hydrogen-bond acceptors (Lipinski definition) is 2. The molecule has 0 saturated carbocycles. The van der Waals surface area contributed by atoms with E-state index >= 15 is 0 Å². The molecule has 0 aliphatic rings. The van der Waals surface area contributed by atoms with E-state index in [1.807, 2.05) is 0 Å². The highest BCUT2D eigenvalue weighted by molar-refractivity contribution is 7.07. The molecule has 86 valence electrons. The molecule has 2 atom stereocenters. The molecule has 0 aliphatic heterocycles. The highest BCUT2D eigenvalue weighted by atomic mass is 32.1. The first-order valence-electron chi connectivity index (χ1n) is 6.05. The van der Waals surface area contributed by atoms with Crippen molar-refractivity contribution in [3.63, 3.8) is 0 Å². The minimum absolute atomic E-state index is 0.552. The standard InChI is InChI=1S/C13H23NS/c1-4-6-11(3)13(14-8-5-2)12-7-9-15-10-12/h7,9-11,13-14H,4-6,8H2,1-3H3. The molecule has 1 nitrogen and oxygen atoms in total. The third-order valence-corrected chi connectivity index (χ3v) is 3.53. The third kappa shape index (κ3) is 3.96. The van der Waals surface area contributed by atoms with Crippen LogP contribution in [0, 0.1) is 5.92 Å². The topological polar surface area (TPSA) is 12.0 Å². The summed E-state index contributed by atoms with van der Waals surface area (Å²) in [5.41, 5.74) is 1.47. The quantitative estimate of drug-likeness (QED) is 0.732. The molecule has 2 heteroatoms. The van der Waals surface area contributed by atoms with Gasteiger partial charge < -0.3 is 5.32 Å². The van der Waals surface area contributed by atoms with Crippen molar-refractivity contribution < 1.29 is 0 Å². The van der Waals surface area contributed by atoms with Gasteiger partial charge in [-0.2, -0.15) is 11.3 Å². The summed E-state index contributed by atoms with van der Waals surface area (Å²) in [4.78, 5) is 0. The van der Waals surface area contributed by atoms with Crippen molar-refractivity contribution in [3.8, 4) is 0 Å². The number of nitrogens with one attached hydrogen (secondary N) is 1. The van der Waals surface area contributed by atoms with Crippen LogP contribution in [0.4, 0.5) is 0 Å². The molecule has 0 spiro atoms. The lowest BCUT2D eigenvalue weighted by atomic mass is 9.92. The molecule has 0 bridgehead atoms. The van der Waals surface area contributed by atoms with E-state index in [9.17, 15) is 0 Å². The molecular formula is C13H23NS. The summed E-state index contributed by atoms with van der Waals surface area (Å²) in [7, 11) is 0. The van der Waals surface area contributed by atoms with Crippen LogP contribution in [-0.2, 0) is 0 Å². The van der Waals surface area contributed by atoms with Gasteiger partial charge in [0.1, 0.15) is 0 Å². The molecule has 1 N–H and O–H groups in total. The average molecular weight is 225 g/mol. The summed E-state index contributed by atoms with van der Waals surface area (Å²) in [6.07, 6.45) is 3.78. The van der Waals surface area contributed by atoms with Crippen LogP contribution in [0.2, 0.25) is 0 Å². The highest BCUT2D eigenvalue weighted by Crippen LogP contribution is 2.27. The maximum absolute atomic E-state index is 3.66. The van der Waals surface area contributed by atoms with Crippen molar-refractivity contribution in [2.75, 3.05) is 6.54 Å². The summed E-state index contributed by atoms with van der Waals surface area (Å²) in [5, 5.41) is 8.12. The van der Waals surface area contributed by atoms with Crippen LogP contribution in [0.3, 0.4) is 0 Å². The highest BCUT2D eigenvalue weighted by Gasteiger charge is 2.17. The van der Waals surface area contributed by atoms with Crippen molar-refractivity contribution in [1.82, 2.24) is 5.32 Å². The average Bonchev–Trinajstić information content (AvgIpc) is 2.72. The van der Waals surface area contributed by atoms with Crippen LogP contribution in [0.5, 0.6) is 0 Å². The summed E-state index contributed by atoms with van der Waals surface area (Å²) in [5.74, 6) is 0.733. The van der Waals surface area contributed by atoms with E-state index in [0.29, 0.717) is 6.04 Å². The number of hydrogen-bond donors (Lipinski definition) is 1. The van der Waals surface area contributed by atoms with E-state index in [4.69, 9.17) is 0 Å². The lowest BCUT2D eigenvalue weighted by Gasteiger charge is -2.24. The van der Waals surface area contributed by atoms with Crippen LogP contribution in [-0.4, -0.2) is 6.54 Å². The molecule has 0 amide bonds. The van der Waals surface area contributed by atoms with Crippen LogP contribution < -0.4 is 5.32 Å². The van der Waals surface area contributed by atoms with Crippen molar-refractivity contribution in [1.29, 1.82) is 0 Å². The third-order valence-electron chi connectivity index (χ3n) is 2.83. The van der Waals surface area contributed by atoms with Gasteiger partial charge in [-0.25, -0.2) is 0 Å². The zero-order valence-corrected chi connectivity index (χ0v) is 10.9. The van der Waals surface area contributed by atoms with E-state index in [-0.39, 0.29) is 0 Å². The maximum Gasteiger partial charge on any atom is 0.0354 e. The molecule has 1 aromatic rings. The monoisotopic (exact) mass is 225 g/mol. The van der Waals surface area contributed by atoms with E-state index in [2.05, 4.69) is 42.9 Å². The maximum atomic E-state index is 3.66. The first-order chi connectivity index (χ1) is 7.29. The van der Waals surface area contributed by atoms with Crippen molar-refractivity contribution in [3.05, 3.63) is 22.4 Å². The molecule has 1 heterocycles. The van der Waals surface area contributed by atoms with Crippen molar-refractivity contribution >= 4 is 11.3 Å². The Kier molecular flexibility index (Phi) is 5.96. The molecule has 0 fully saturated rings. The minimum atomic E-state index is 0.552. The lowest BCUT2D eigenvalue weighted by Crippen LogP contribution is -2.27. The number of rotatable bonds is 7. The molecule has 1 rings (SSSR count). The van der Waals surface area contributed by atoms with Gasteiger partial charge in [0, 0.05) is 6.04 Å². The van der Waals surface area contributed by atoms with Gasteiger partial charge in [-0.15, -0.1) is 0 Å². The van der Waals surface area contributed by atoms with Gasteiger partial charge in [-0.3, -0.25) is 0 Å². The van der Waals surface area contributed by atoms with Crippen molar-refractivity contribution in [2.45, 2.75) is 46.1 Å². The molecule has 0 saturated heterocycles. The van der Waals surface area contributed by atoms with Crippen molar-refractivity contribution in [2.24, 2.45) is 5.92 Å². The molecule has 0 aromatic carbocycles. The largest absolute Gasteiger partial charge is 0.310 e. The van der Waals surface area contributed by atoms with Crippen LogP contribution in [0.1, 0.15) is 51.6 Å². The van der Waals surface area contributed by atoms with Gasteiger partial charge in [-0.05, 0) is 47.7 Å². The lowest BCUT2D eigenvalue weighted by molar-refractivity contribution is 0.364. The Bertz CT molecular complexity index is 243. The normalized spacial score (nSPS) is 15.1. The van der Waals surface area contributed by atoms with Gasteiger partial charge in [-0.1, -0.05) is 27.2 Å². The summed E-state index contributed by atoms with van der Waals surface area (Å²) < 4.78 is 0. The van der Waals surface area contributed by atoms with E-state index < -0.39 is 0 Å². The fourth-order valence-electron chi connectivity index (χ4n) is 2.02. The molecule has 0 aliphatic carbocycles. The van der Waals surface area contributed by atoms with Gasteiger partial charge in [0.25, 0.3) is 0 Å². The smallest absolute Gasteiger partial charge is 0.0354 e. The zero-order valence-electron chi connectivity index (χ0n) is 10.1. The van der Waals surface area contributed by atoms with E-state index in [1.165, 1.54) is 24.8 Å². The Labute approximate surface area is 97.9 Å². The Balaban J connectivity index is 2.60. The minimum Gasteiger partial charge on any atom is -0.310 e. The van der Waals surface area contributed by atoms with E-state index in [0.717, 1.165) is 12.5 Å². The van der Waals surface area contributed by atoms with Gasteiger partial charge >= 0.3 is 0 Å². The second-order valence-corrected chi connectivity index (χ2v) is 5.03. The SMILES string of the molecule is CCCNC(c1ccsc1)C(C)CCC. The summed E-state index contributed by atoms with van der Waals surface area (Å²) in [6, 6.07) is 2.81. The molecule has 0 radical (unpaired) electrons. The molecule has 2 unspecified atom stereocenters. The summed E-state index contributed by atoms with van der Waals surface area (Å²) in [6.45, 7) is 7.96. The van der Waals surface area contributed by atoms with Crippen LogP contribution in [0.25, 0.3) is 0 Å².